The third-order valence-corrected chi connectivity index (χ3v) is 5.18. The first-order valence-electron chi connectivity index (χ1n) is 9.52. The van der Waals surface area contributed by atoms with Crippen LogP contribution in [-0.2, 0) is 0 Å². The highest BCUT2D eigenvalue weighted by atomic mass is 16.6. The zero-order valence-electron chi connectivity index (χ0n) is 16.6. The van der Waals surface area contributed by atoms with Crippen molar-refractivity contribution in [3.63, 3.8) is 0 Å². The monoisotopic (exact) mass is 399 g/mol. The molecule has 0 radical (unpaired) electrons. The Bertz CT molecular complexity index is 863. The molecule has 2 aromatic rings. The molecule has 0 spiro atoms. The Morgan fingerprint density at radius 2 is 1.83 bits per heavy atom. The van der Waals surface area contributed by atoms with E-state index in [1.807, 2.05) is 24.3 Å². The summed E-state index contributed by atoms with van der Waals surface area (Å²) in [5.41, 5.74) is 1.09. The van der Waals surface area contributed by atoms with Crippen molar-refractivity contribution in [3.8, 4) is 11.5 Å². The van der Waals surface area contributed by atoms with Gasteiger partial charge in [0, 0.05) is 18.2 Å². The fourth-order valence-corrected chi connectivity index (χ4v) is 3.60. The molecule has 1 amide bonds. The van der Waals surface area contributed by atoms with Crippen molar-refractivity contribution in [1.29, 1.82) is 0 Å². The zero-order chi connectivity index (χ0) is 20.8. The van der Waals surface area contributed by atoms with Gasteiger partial charge in [0.1, 0.15) is 5.75 Å². The summed E-state index contributed by atoms with van der Waals surface area (Å²) < 4.78 is 10.2. The third kappa shape index (κ3) is 4.83. The number of nitrogens with zero attached hydrogens (tertiary/aromatic N) is 2. The SMILES string of the molecule is COc1ccc(C(CNC(=O)c2ccc(OC)c([N+](=O)[O-])c2)N2CCCC2)cc1. The predicted octanol–water partition coefficient (Wildman–Crippen LogP) is 3.18. The number of likely N-dealkylation sites (tertiary alicyclic amines) is 1. The molecule has 29 heavy (non-hydrogen) atoms. The van der Waals surface area contributed by atoms with E-state index in [4.69, 9.17) is 9.47 Å². The van der Waals surface area contributed by atoms with Gasteiger partial charge < -0.3 is 14.8 Å². The maximum Gasteiger partial charge on any atom is 0.311 e. The van der Waals surface area contributed by atoms with Gasteiger partial charge in [-0.1, -0.05) is 12.1 Å². The van der Waals surface area contributed by atoms with Gasteiger partial charge in [-0.05, 0) is 55.8 Å². The van der Waals surface area contributed by atoms with E-state index in [0.717, 1.165) is 37.2 Å². The second-order valence-electron chi connectivity index (χ2n) is 6.89. The third-order valence-electron chi connectivity index (χ3n) is 5.18. The highest BCUT2D eigenvalue weighted by Crippen LogP contribution is 2.28. The average molecular weight is 399 g/mol. The van der Waals surface area contributed by atoms with Gasteiger partial charge in [-0.2, -0.15) is 0 Å². The Labute approximate surface area is 169 Å². The molecule has 2 aromatic carbocycles. The van der Waals surface area contributed by atoms with Crippen LogP contribution in [0, 0.1) is 10.1 Å². The average Bonchev–Trinajstić information content (AvgIpc) is 3.28. The molecule has 3 rings (SSSR count). The van der Waals surface area contributed by atoms with E-state index >= 15 is 0 Å². The Hall–Kier alpha value is -3.13. The normalized spacial score (nSPS) is 15.0. The van der Waals surface area contributed by atoms with Gasteiger partial charge >= 0.3 is 5.69 Å². The largest absolute Gasteiger partial charge is 0.497 e. The van der Waals surface area contributed by atoms with E-state index in [-0.39, 0.29) is 28.9 Å². The second kappa shape index (κ2) is 9.38. The summed E-state index contributed by atoms with van der Waals surface area (Å²) in [6.45, 7) is 2.35. The Morgan fingerprint density at radius 3 is 2.41 bits per heavy atom. The Morgan fingerprint density at radius 1 is 1.14 bits per heavy atom. The number of carbonyl (C=O) groups is 1. The van der Waals surface area contributed by atoms with E-state index in [9.17, 15) is 14.9 Å². The van der Waals surface area contributed by atoms with Crippen LogP contribution >= 0.6 is 0 Å². The van der Waals surface area contributed by atoms with Crippen molar-refractivity contribution in [2.24, 2.45) is 0 Å². The highest BCUT2D eigenvalue weighted by molar-refractivity contribution is 5.95. The minimum Gasteiger partial charge on any atom is -0.497 e. The number of nitro groups is 1. The smallest absolute Gasteiger partial charge is 0.311 e. The zero-order valence-corrected chi connectivity index (χ0v) is 16.6. The lowest BCUT2D eigenvalue weighted by Gasteiger charge is -2.28. The van der Waals surface area contributed by atoms with Crippen LogP contribution in [0.15, 0.2) is 42.5 Å². The summed E-state index contributed by atoms with van der Waals surface area (Å²) in [4.78, 5) is 25.7. The molecule has 1 heterocycles. The number of amides is 1. The lowest BCUT2D eigenvalue weighted by atomic mass is 10.0. The van der Waals surface area contributed by atoms with E-state index in [2.05, 4.69) is 10.2 Å². The van der Waals surface area contributed by atoms with Crippen LogP contribution in [0.3, 0.4) is 0 Å². The molecule has 0 bridgehead atoms. The number of nitrogens with one attached hydrogen (secondary N) is 1. The number of nitro benzene ring substituents is 1. The van der Waals surface area contributed by atoms with Crippen molar-refractivity contribution in [2.45, 2.75) is 18.9 Å². The molecule has 0 aliphatic carbocycles. The molecule has 1 aliphatic heterocycles. The number of hydrogen-bond acceptors (Lipinski definition) is 6. The Kier molecular flexibility index (Phi) is 6.66. The number of ether oxygens (including phenoxy) is 2. The molecule has 1 N–H and O–H groups in total. The lowest BCUT2D eigenvalue weighted by molar-refractivity contribution is -0.385. The van der Waals surface area contributed by atoms with Crippen molar-refractivity contribution in [2.75, 3.05) is 33.9 Å². The van der Waals surface area contributed by atoms with Gasteiger partial charge in [0.15, 0.2) is 5.75 Å². The summed E-state index contributed by atoms with van der Waals surface area (Å²) in [6.07, 6.45) is 2.26. The fourth-order valence-electron chi connectivity index (χ4n) is 3.60. The van der Waals surface area contributed by atoms with Gasteiger partial charge in [-0.15, -0.1) is 0 Å². The van der Waals surface area contributed by atoms with Crippen molar-refractivity contribution in [3.05, 3.63) is 63.7 Å². The molecular weight excluding hydrogens is 374 g/mol. The lowest BCUT2D eigenvalue weighted by Crippen LogP contribution is -2.36. The van der Waals surface area contributed by atoms with Crippen LogP contribution in [0.2, 0.25) is 0 Å². The van der Waals surface area contributed by atoms with E-state index in [0.29, 0.717) is 6.54 Å². The molecule has 8 heteroatoms. The summed E-state index contributed by atoms with van der Waals surface area (Å²) in [7, 11) is 2.98. The number of hydrogen-bond donors (Lipinski definition) is 1. The van der Waals surface area contributed by atoms with E-state index in [1.54, 1.807) is 7.11 Å². The minimum absolute atomic E-state index is 0.0283. The molecule has 0 aromatic heterocycles. The number of carbonyl (C=O) groups excluding carboxylic acids is 1. The quantitative estimate of drug-likeness (QED) is 0.541. The standard InChI is InChI=1S/C21H25N3O5/c1-28-17-8-5-15(6-9-17)19(23-11-3-4-12-23)14-22-21(25)16-7-10-20(29-2)18(13-16)24(26)27/h5-10,13,19H,3-4,11-12,14H2,1-2H3,(H,22,25). The topological polar surface area (TPSA) is 93.9 Å². The molecule has 0 saturated carbocycles. The van der Waals surface area contributed by atoms with Crippen molar-refractivity contribution in [1.82, 2.24) is 10.2 Å². The summed E-state index contributed by atoms with van der Waals surface area (Å²) >= 11 is 0. The van der Waals surface area contributed by atoms with Gasteiger partial charge in [-0.25, -0.2) is 0 Å². The second-order valence-corrected chi connectivity index (χ2v) is 6.89. The molecule has 1 unspecified atom stereocenters. The molecule has 1 aliphatic rings. The van der Waals surface area contributed by atoms with Crippen LogP contribution in [0.4, 0.5) is 5.69 Å². The highest BCUT2D eigenvalue weighted by Gasteiger charge is 2.25. The number of methoxy groups -OCH3 is 2. The van der Waals surface area contributed by atoms with Gasteiger partial charge in [0.2, 0.25) is 0 Å². The van der Waals surface area contributed by atoms with E-state index in [1.165, 1.54) is 25.3 Å². The molecule has 1 fully saturated rings. The first kappa shape index (κ1) is 20.6. The van der Waals surface area contributed by atoms with Crippen molar-refractivity contribution < 1.29 is 19.2 Å². The van der Waals surface area contributed by atoms with Crippen LogP contribution in [-0.4, -0.2) is 49.6 Å². The summed E-state index contributed by atoms with van der Waals surface area (Å²) in [5.74, 6) is 0.552. The molecule has 1 atom stereocenters. The molecular formula is C21H25N3O5. The van der Waals surface area contributed by atoms with Gasteiger partial charge in [-0.3, -0.25) is 19.8 Å². The molecule has 8 nitrogen and oxygen atoms in total. The van der Waals surface area contributed by atoms with Gasteiger partial charge in [0.05, 0.1) is 25.2 Å². The van der Waals surface area contributed by atoms with Crippen molar-refractivity contribution >= 4 is 11.6 Å². The van der Waals surface area contributed by atoms with Crippen LogP contribution in [0.1, 0.15) is 34.8 Å². The maximum atomic E-state index is 12.7. The summed E-state index contributed by atoms with van der Waals surface area (Å²) in [5, 5.41) is 14.1. The van der Waals surface area contributed by atoms with Gasteiger partial charge in [0.25, 0.3) is 5.91 Å². The van der Waals surface area contributed by atoms with E-state index < -0.39 is 4.92 Å². The molecule has 154 valence electrons. The van der Waals surface area contributed by atoms with Crippen LogP contribution < -0.4 is 14.8 Å². The first-order valence-corrected chi connectivity index (χ1v) is 9.52. The minimum atomic E-state index is -0.556. The fraction of sp³-hybridized carbons (Fsp3) is 0.381. The summed E-state index contributed by atoms with van der Waals surface area (Å²) in [6, 6.07) is 12.1. The predicted molar refractivity (Wildman–Crippen MR) is 109 cm³/mol. The maximum absolute atomic E-state index is 12.7. The Balaban J connectivity index is 1.75. The first-order chi connectivity index (χ1) is 14.0. The van der Waals surface area contributed by atoms with Crippen LogP contribution in [0.25, 0.3) is 0 Å². The molecule has 1 saturated heterocycles. The van der Waals surface area contributed by atoms with Crippen LogP contribution in [0.5, 0.6) is 11.5 Å². The number of benzene rings is 2. The number of rotatable bonds is 8.